The quantitative estimate of drug-likeness (QED) is 0.437. The van der Waals surface area contributed by atoms with E-state index in [1.165, 1.54) is 11.8 Å². The van der Waals surface area contributed by atoms with Gasteiger partial charge in [0.15, 0.2) is 0 Å². The molecule has 5 rings (SSSR count). The Balaban J connectivity index is 1.27. The van der Waals surface area contributed by atoms with Gasteiger partial charge in [0.1, 0.15) is 0 Å². The number of hydrogen-bond acceptors (Lipinski definition) is 4. The molecule has 0 bridgehead atoms. The maximum Gasteiger partial charge on any atom is 0.262 e. The minimum atomic E-state index is -0.197. The van der Waals surface area contributed by atoms with Crippen molar-refractivity contribution < 1.29 is 9.59 Å². The molecule has 172 valence electrons. The highest BCUT2D eigenvalue weighted by Crippen LogP contribution is 2.39. The third-order valence-electron chi connectivity index (χ3n) is 5.81. The molecule has 0 radical (unpaired) electrons. The number of benzene rings is 3. The summed E-state index contributed by atoms with van der Waals surface area (Å²) in [5, 5.41) is 4.25. The lowest BCUT2D eigenvalue weighted by Crippen LogP contribution is -2.48. The molecule has 0 atom stereocenters. The molecule has 0 saturated carbocycles. The molecule has 34 heavy (non-hydrogen) atoms. The lowest BCUT2D eigenvalue weighted by molar-refractivity contribution is -0.112. The first kappa shape index (κ1) is 22.8. The van der Waals surface area contributed by atoms with Gasteiger partial charge >= 0.3 is 0 Å². The van der Waals surface area contributed by atoms with E-state index in [0.717, 1.165) is 29.2 Å². The van der Waals surface area contributed by atoms with Crippen molar-refractivity contribution in [2.75, 3.05) is 36.4 Å². The van der Waals surface area contributed by atoms with E-state index in [9.17, 15) is 9.59 Å². The first-order valence-corrected chi connectivity index (χ1v) is 12.4. The largest absolute Gasteiger partial charge is 0.368 e. The lowest BCUT2D eigenvalue weighted by atomic mass is 10.1. The average molecular weight is 510 g/mol. The topological polar surface area (TPSA) is 52.7 Å². The fourth-order valence-electron chi connectivity index (χ4n) is 4.06. The van der Waals surface area contributed by atoms with E-state index in [1.54, 1.807) is 12.1 Å². The summed E-state index contributed by atoms with van der Waals surface area (Å²) < 4.78 is 0. The van der Waals surface area contributed by atoms with E-state index in [4.69, 9.17) is 23.2 Å². The minimum absolute atomic E-state index is 0.0342. The van der Waals surface area contributed by atoms with Gasteiger partial charge in [0.2, 0.25) is 0 Å². The van der Waals surface area contributed by atoms with Gasteiger partial charge < -0.3 is 15.1 Å². The average Bonchev–Trinajstić information content (AvgIpc) is 2.84. The molecule has 5 nitrogen and oxygen atoms in total. The Morgan fingerprint density at radius 2 is 1.65 bits per heavy atom. The third-order valence-corrected chi connectivity index (χ3v) is 7.37. The van der Waals surface area contributed by atoms with E-state index >= 15 is 0 Å². The minimum Gasteiger partial charge on any atom is -0.368 e. The lowest BCUT2D eigenvalue weighted by Gasteiger charge is -2.36. The summed E-state index contributed by atoms with van der Waals surface area (Å²) in [4.78, 5) is 31.4. The SMILES string of the molecule is O=C1Nc2cc(C(=O)N3CCN(c4cccc(Cl)c4)CC3)ccc2S/C1=C/c1cccc(Cl)c1. The van der Waals surface area contributed by atoms with Gasteiger partial charge in [0.25, 0.3) is 11.8 Å². The van der Waals surface area contributed by atoms with Gasteiger partial charge in [-0.25, -0.2) is 0 Å². The van der Waals surface area contributed by atoms with Gasteiger partial charge in [-0.05, 0) is 60.2 Å². The van der Waals surface area contributed by atoms with Crippen LogP contribution >= 0.6 is 35.0 Å². The Labute approximate surface area is 212 Å². The van der Waals surface area contributed by atoms with E-state index < -0.39 is 0 Å². The van der Waals surface area contributed by atoms with Crippen LogP contribution in [0.3, 0.4) is 0 Å². The van der Waals surface area contributed by atoms with Crippen LogP contribution in [0.15, 0.2) is 76.5 Å². The van der Waals surface area contributed by atoms with E-state index in [-0.39, 0.29) is 11.8 Å². The number of anilines is 2. The molecule has 2 aliphatic heterocycles. The van der Waals surface area contributed by atoms with Gasteiger partial charge in [0.05, 0.1) is 10.6 Å². The van der Waals surface area contributed by atoms with Crippen LogP contribution in [0.2, 0.25) is 10.0 Å². The van der Waals surface area contributed by atoms with Gasteiger partial charge in [-0.1, -0.05) is 53.2 Å². The molecular formula is C26H21Cl2N3O2S. The van der Waals surface area contributed by atoms with Crippen molar-refractivity contribution in [3.8, 4) is 0 Å². The van der Waals surface area contributed by atoms with Gasteiger partial charge in [-0.15, -0.1) is 0 Å². The smallest absolute Gasteiger partial charge is 0.262 e. The number of amides is 2. The van der Waals surface area contributed by atoms with Gasteiger partial charge in [0, 0.05) is 52.4 Å². The van der Waals surface area contributed by atoms with Crippen molar-refractivity contribution in [3.63, 3.8) is 0 Å². The van der Waals surface area contributed by atoms with Crippen LogP contribution in [0.25, 0.3) is 6.08 Å². The summed E-state index contributed by atoms with van der Waals surface area (Å²) in [6.07, 6.45) is 1.81. The van der Waals surface area contributed by atoms with Crippen LogP contribution in [0.4, 0.5) is 11.4 Å². The second kappa shape index (κ2) is 9.74. The molecule has 1 fully saturated rings. The van der Waals surface area contributed by atoms with E-state index in [2.05, 4.69) is 10.2 Å². The highest BCUT2D eigenvalue weighted by molar-refractivity contribution is 8.04. The molecule has 2 heterocycles. The number of thioether (sulfide) groups is 1. The van der Waals surface area contributed by atoms with Crippen LogP contribution in [-0.4, -0.2) is 42.9 Å². The fourth-order valence-corrected chi connectivity index (χ4v) is 5.38. The fraction of sp³-hybridized carbons (Fsp3) is 0.154. The first-order valence-electron chi connectivity index (χ1n) is 10.9. The Kier molecular flexibility index (Phi) is 6.55. The summed E-state index contributed by atoms with van der Waals surface area (Å²) in [5.41, 5.74) is 3.15. The number of nitrogens with zero attached hydrogens (tertiary/aromatic N) is 2. The molecule has 0 aromatic heterocycles. The Morgan fingerprint density at radius 1 is 0.912 bits per heavy atom. The molecule has 8 heteroatoms. The van der Waals surface area contributed by atoms with Crippen molar-refractivity contribution in [1.29, 1.82) is 0 Å². The second-order valence-corrected chi connectivity index (χ2v) is 10.0. The number of hydrogen-bond donors (Lipinski definition) is 1. The zero-order valence-corrected chi connectivity index (χ0v) is 20.5. The van der Waals surface area contributed by atoms with Crippen LogP contribution in [0.1, 0.15) is 15.9 Å². The van der Waals surface area contributed by atoms with E-state index in [1.807, 2.05) is 65.6 Å². The Hall–Kier alpha value is -2.93. The molecule has 1 N–H and O–H groups in total. The number of carbonyl (C=O) groups excluding carboxylic acids is 2. The van der Waals surface area contributed by atoms with E-state index in [0.29, 0.717) is 39.3 Å². The maximum absolute atomic E-state index is 13.1. The molecule has 0 spiro atoms. The third kappa shape index (κ3) is 4.94. The summed E-state index contributed by atoms with van der Waals surface area (Å²) in [5.74, 6) is -0.231. The molecule has 0 unspecified atom stereocenters. The highest BCUT2D eigenvalue weighted by Gasteiger charge is 2.26. The standard InChI is InChI=1S/C26H21Cl2N3O2S/c27-19-4-1-3-17(13-19)14-24-25(32)29-22-15-18(7-8-23(22)34-24)26(33)31-11-9-30(10-12-31)21-6-2-5-20(28)16-21/h1-8,13-16H,9-12H2,(H,29,32)/b24-14+. The molecule has 2 aliphatic rings. The van der Waals surface area contributed by atoms with Crippen LogP contribution in [-0.2, 0) is 4.79 Å². The summed E-state index contributed by atoms with van der Waals surface area (Å²) in [7, 11) is 0. The highest BCUT2D eigenvalue weighted by atomic mass is 35.5. The number of fused-ring (bicyclic) bond motifs is 1. The number of nitrogens with one attached hydrogen (secondary N) is 1. The van der Waals surface area contributed by atoms with Crippen molar-refractivity contribution in [2.45, 2.75) is 4.90 Å². The monoisotopic (exact) mass is 509 g/mol. The molecular weight excluding hydrogens is 489 g/mol. The Morgan fingerprint density at radius 3 is 2.38 bits per heavy atom. The molecule has 1 saturated heterocycles. The van der Waals surface area contributed by atoms with Gasteiger partial charge in [-0.2, -0.15) is 0 Å². The van der Waals surface area contributed by atoms with Crippen molar-refractivity contribution in [2.24, 2.45) is 0 Å². The maximum atomic E-state index is 13.1. The van der Waals surface area contributed by atoms with Crippen molar-refractivity contribution in [3.05, 3.63) is 92.8 Å². The molecule has 2 amide bonds. The summed E-state index contributed by atoms with van der Waals surface area (Å²) in [6, 6.07) is 20.6. The van der Waals surface area contributed by atoms with Crippen LogP contribution in [0.5, 0.6) is 0 Å². The number of piperazine rings is 1. The predicted molar refractivity (Wildman–Crippen MR) is 140 cm³/mol. The number of rotatable bonds is 3. The molecule has 0 aliphatic carbocycles. The Bertz CT molecular complexity index is 1300. The predicted octanol–water partition coefficient (Wildman–Crippen LogP) is 6.04. The summed E-state index contributed by atoms with van der Waals surface area (Å²) >= 11 is 13.6. The normalized spacial score (nSPS) is 16.9. The number of carbonyl (C=O) groups is 2. The van der Waals surface area contributed by atoms with Gasteiger partial charge in [-0.3, -0.25) is 9.59 Å². The summed E-state index contributed by atoms with van der Waals surface area (Å²) in [6.45, 7) is 2.72. The van der Waals surface area contributed by atoms with Crippen molar-refractivity contribution in [1.82, 2.24) is 4.90 Å². The zero-order chi connectivity index (χ0) is 23.7. The van der Waals surface area contributed by atoms with Crippen LogP contribution in [0, 0.1) is 0 Å². The molecule has 3 aromatic carbocycles. The van der Waals surface area contributed by atoms with Crippen molar-refractivity contribution >= 4 is 64.2 Å². The van der Waals surface area contributed by atoms with Crippen LogP contribution < -0.4 is 10.2 Å². The number of halogens is 2. The zero-order valence-electron chi connectivity index (χ0n) is 18.1. The molecule has 3 aromatic rings. The first-order chi connectivity index (χ1) is 16.5. The second-order valence-electron chi connectivity index (χ2n) is 8.09.